The molecule has 7 heteroatoms. The number of hydrogen-bond donors (Lipinski definition) is 2. The second-order valence-electron chi connectivity index (χ2n) is 9.31. The molecule has 2 aromatic rings. The van der Waals surface area contributed by atoms with Crippen LogP contribution < -0.4 is 11.1 Å². The highest BCUT2D eigenvalue weighted by molar-refractivity contribution is 6.04. The summed E-state index contributed by atoms with van der Waals surface area (Å²) < 4.78 is 11.2. The zero-order valence-electron chi connectivity index (χ0n) is 19.4. The summed E-state index contributed by atoms with van der Waals surface area (Å²) in [6, 6.07) is 9.81. The summed E-state index contributed by atoms with van der Waals surface area (Å²) in [4.78, 5) is 31.3. The van der Waals surface area contributed by atoms with Crippen molar-refractivity contribution in [1.29, 1.82) is 0 Å². The number of ketones is 1. The minimum absolute atomic E-state index is 0.0376. The van der Waals surface area contributed by atoms with E-state index in [2.05, 4.69) is 24.1 Å². The Balaban J connectivity index is 1.90. The molecular formula is C26H31N3O4. The topological polar surface area (TPSA) is 104 Å². The maximum atomic E-state index is 13.4. The second kappa shape index (κ2) is 9.45. The highest BCUT2D eigenvalue weighted by atomic mass is 16.5. The van der Waals surface area contributed by atoms with E-state index in [4.69, 9.17) is 15.2 Å². The highest BCUT2D eigenvalue weighted by Gasteiger charge is 2.44. The van der Waals surface area contributed by atoms with Crippen LogP contribution in [0.5, 0.6) is 0 Å². The van der Waals surface area contributed by atoms with Gasteiger partial charge < -0.3 is 20.5 Å². The quantitative estimate of drug-likeness (QED) is 0.493. The smallest absolute Gasteiger partial charge is 0.336 e. The lowest BCUT2D eigenvalue weighted by Crippen LogP contribution is -2.40. The number of fused-ring (bicyclic) bond motifs is 1. The lowest BCUT2D eigenvalue weighted by molar-refractivity contribution is -0.139. The first kappa shape index (κ1) is 23.1. The average Bonchev–Trinajstić information content (AvgIpc) is 2.77. The number of carbonyl (C=O) groups is 2. The van der Waals surface area contributed by atoms with Gasteiger partial charge in [0, 0.05) is 41.7 Å². The second-order valence-corrected chi connectivity index (χ2v) is 9.31. The Morgan fingerprint density at radius 2 is 2.06 bits per heavy atom. The third-order valence-electron chi connectivity index (χ3n) is 6.07. The van der Waals surface area contributed by atoms with Gasteiger partial charge in [-0.3, -0.25) is 9.78 Å². The highest BCUT2D eigenvalue weighted by Crippen LogP contribution is 2.47. The maximum absolute atomic E-state index is 13.4. The predicted octanol–water partition coefficient (Wildman–Crippen LogP) is 3.36. The van der Waals surface area contributed by atoms with Gasteiger partial charge in [0.05, 0.1) is 36.6 Å². The SMILES string of the molecule is CCOC(=O)C1=C(COCCN)NC2=C(C(=O)CC(C)(C)C2)C1c1cnc2ccccc2c1. The number of allylic oxidation sites excluding steroid dienone is 2. The first-order valence-corrected chi connectivity index (χ1v) is 11.4. The number of benzene rings is 1. The number of para-hydroxylation sites is 1. The Hall–Kier alpha value is -3.03. The first-order valence-electron chi connectivity index (χ1n) is 11.4. The Morgan fingerprint density at radius 1 is 1.27 bits per heavy atom. The molecule has 33 heavy (non-hydrogen) atoms. The predicted molar refractivity (Wildman–Crippen MR) is 126 cm³/mol. The molecule has 4 rings (SSSR count). The summed E-state index contributed by atoms with van der Waals surface area (Å²) >= 11 is 0. The van der Waals surface area contributed by atoms with Crippen molar-refractivity contribution >= 4 is 22.7 Å². The van der Waals surface area contributed by atoms with Gasteiger partial charge in [0.2, 0.25) is 0 Å². The van der Waals surface area contributed by atoms with Crippen LogP contribution in [-0.4, -0.2) is 43.1 Å². The van der Waals surface area contributed by atoms with Gasteiger partial charge in [0.25, 0.3) is 0 Å². The largest absolute Gasteiger partial charge is 0.463 e. The van der Waals surface area contributed by atoms with Gasteiger partial charge in [0.1, 0.15) is 0 Å². The Labute approximate surface area is 194 Å². The zero-order chi connectivity index (χ0) is 23.6. The lowest BCUT2D eigenvalue weighted by Gasteiger charge is -2.39. The molecule has 0 spiro atoms. The van der Waals surface area contributed by atoms with Gasteiger partial charge in [-0.25, -0.2) is 4.79 Å². The van der Waals surface area contributed by atoms with E-state index in [1.54, 1.807) is 13.1 Å². The molecule has 0 fully saturated rings. The van der Waals surface area contributed by atoms with Gasteiger partial charge in [-0.15, -0.1) is 0 Å². The molecule has 1 atom stereocenters. The molecule has 1 aromatic heterocycles. The number of dihydropyridines is 1. The zero-order valence-corrected chi connectivity index (χ0v) is 19.4. The summed E-state index contributed by atoms with van der Waals surface area (Å²) in [7, 11) is 0. The van der Waals surface area contributed by atoms with Crippen molar-refractivity contribution in [3.8, 4) is 0 Å². The van der Waals surface area contributed by atoms with Crippen LogP contribution in [0.25, 0.3) is 10.9 Å². The standard InChI is InChI=1S/C26H31N3O4/c1-4-33-25(31)24-20(15-32-10-9-27)29-19-12-26(2,3)13-21(30)23(19)22(24)17-11-16-7-5-6-8-18(16)28-14-17/h5-8,11,14,22,29H,4,9-10,12-13,15,27H2,1-3H3. The fourth-order valence-electron chi connectivity index (χ4n) is 4.75. The minimum Gasteiger partial charge on any atom is -0.463 e. The molecule has 3 N–H and O–H groups in total. The van der Waals surface area contributed by atoms with Crippen molar-refractivity contribution in [3.63, 3.8) is 0 Å². The van der Waals surface area contributed by atoms with E-state index in [0.717, 1.165) is 22.2 Å². The summed E-state index contributed by atoms with van der Waals surface area (Å²) in [5.41, 5.74) is 9.54. The van der Waals surface area contributed by atoms with Gasteiger partial charge >= 0.3 is 5.97 Å². The van der Waals surface area contributed by atoms with Gasteiger partial charge in [-0.1, -0.05) is 32.0 Å². The van der Waals surface area contributed by atoms with E-state index in [1.807, 2.05) is 30.3 Å². The number of ether oxygens (including phenoxy) is 2. The van der Waals surface area contributed by atoms with E-state index in [1.165, 1.54) is 0 Å². The molecule has 174 valence electrons. The van der Waals surface area contributed by atoms with Crippen LogP contribution in [-0.2, 0) is 19.1 Å². The van der Waals surface area contributed by atoms with Gasteiger partial charge in [-0.05, 0) is 36.5 Å². The molecule has 1 aliphatic carbocycles. The van der Waals surface area contributed by atoms with Crippen molar-refractivity contribution in [2.45, 2.75) is 39.5 Å². The summed E-state index contributed by atoms with van der Waals surface area (Å²) in [6.45, 7) is 7.07. The van der Waals surface area contributed by atoms with Crippen molar-refractivity contribution < 1.29 is 19.1 Å². The van der Waals surface area contributed by atoms with E-state index < -0.39 is 11.9 Å². The Kier molecular flexibility index (Phi) is 6.63. The first-order chi connectivity index (χ1) is 15.8. The molecular weight excluding hydrogens is 418 g/mol. The molecule has 0 amide bonds. The number of pyridine rings is 1. The number of aromatic nitrogens is 1. The number of nitrogens with one attached hydrogen (secondary N) is 1. The molecule has 1 aliphatic heterocycles. The van der Waals surface area contributed by atoms with Crippen LogP contribution in [0.3, 0.4) is 0 Å². The number of rotatable bonds is 7. The lowest BCUT2D eigenvalue weighted by atomic mass is 9.68. The molecule has 0 saturated heterocycles. The molecule has 1 aromatic carbocycles. The van der Waals surface area contributed by atoms with E-state index in [0.29, 0.717) is 42.8 Å². The van der Waals surface area contributed by atoms with Crippen LogP contribution in [0.4, 0.5) is 0 Å². The molecule has 7 nitrogen and oxygen atoms in total. The fourth-order valence-corrected chi connectivity index (χ4v) is 4.75. The molecule has 1 unspecified atom stereocenters. The monoisotopic (exact) mass is 449 g/mol. The number of hydrogen-bond acceptors (Lipinski definition) is 7. The minimum atomic E-state index is -0.572. The van der Waals surface area contributed by atoms with Crippen molar-refractivity contribution in [1.82, 2.24) is 10.3 Å². The third kappa shape index (κ3) is 4.70. The number of esters is 1. The number of nitrogens with two attached hydrogens (primary N) is 1. The fraction of sp³-hybridized carbons (Fsp3) is 0.423. The van der Waals surface area contributed by atoms with Crippen molar-refractivity contribution in [2.24, 2.45) is 11.1 Å². The number of nitrogens with zero attached hydrogens (tertiary/aromatic N) is 1. The van der Waals surface area contributed by atoms with Crippen LogP contribution in [0, 0.1) is 5.41 Å². The van der Waals surface area contributed by atoms with E-state index in [-0.39, 0.29) is 24.4 Å². The molecule has 2 aliphatic rings. The van der Waals surface area contributed by atoms with Crippen LogP contribution >= 0.6 is 0 Å². The number of carbonyl (C=O) groups excluding carboxylic acids is 2. The van der Waals surface area contributed by atoms with Crippen LogP contribution in [0.2, 0.25) is 0 Å². The Morgan fingerprint density at radius 3 is 2.82 bits per heavy atom. The normalized spacial score (nSPS) is 20.0. The summed E-state index contributed by atoms with van der Waals surface area (Å²) in [5, 5.41) is 4.33. The van der Waals surface area contributed by atoms with E-state index >= 15 is 0 Å². The molecule has 0 radical (unpaired) electrons. The molecule has 0 saturated carbocycles. The molecule has 0 bridgehead atoms. The third-order valence-corrected chi connectivity index (χ3v) is 6.07. The van der Waals surface area contributed by atoms with Crippen LogP contribution in [0.1, 0.15) is 45.1 Å². The molecule has 2 heterocycles. The Bertz CT molecular complexity index is 1150. The summed E-state index contributed by atoms with van der Waals surface area (Å²) in [5.74, 6) is -0.994. The summed E-state index contributed by atoms with van der Waals surface area (Å²) in [6.07, 6.45) is 2.87. The maximum Gasteiger partial charge on any atom is 0.336 e. The average molecular weight is 450 g/mol. The van der Waals surface area contributed by atoms with Crippen LogP contribution in [0.15, 0.2) is 59.1 Å². The van der Waals surface area contributed by atoms with Gasteiger partial charge in [-0.2, -0.15) is 0 Å². The van der Waals surface area contributed by atoms with E-state index in [9.17, 15) is 9.59 Å². The number of Topliss-reactive ketones (excluding diaryl/α,β-unsaturated/α-hetero) is 1. The van der Waals surface area contributed by atoms with Gasteiger partial charge in [0.15, 0.2) is 5.78 Å². The van der Waals surface area contributed by atoms with Crippen molar-refractivity contribution in [2.75, 3.05) is 26.4 Å². The van der Waals surface area contributed by atoms with Crippen molar-refractivity contribution in [3.05, 3.63) is 64.6 Å².